The van der Waals surface area contributed by atoms with Crippen LogP contribution in [-0.2, 0) is 19.1 Å². The molecule has 0 spiro atoms. The summed E-state index contributed by atoms with van der Waals surface area (Å²) >= 11 is 0. The lowest BCUT2D eigenvalue weighted by molar-refractivity contribution is -0.189. The van der Waals surface area contributed by atoms with Gasteiger partial charge in [-0.05, 0) is 62.1 Å². The fourth-order valence-corrected chi connectivity index (χ4v) is 6.01. The zero-order valence-electron chi connectivity index (χ0n) is 35.9. The number of halogens is 1. The number of carboxylic acids is 1. The van der Waals surface area contributed by atoms with Gasteiger partial charge in [0.2, 0.25) is 0 Å². The van der Waals surface area contributed by atoms with E-state index in [0.29, 0.717) is 12.8 Å². The van der Waals surface area contributed by atoms with Crippen LogP contribution < -0.4 is 0 Å². The number of nitrogens with zero attached hydrogens (tertiary/aromatic N) is 2. The fourth-order valence-electron chi connectivity index (χ4n) is 6.01. The predicted octanol–water partition coefficient (Wildman–Crippen LogP) is 11.2. The molecule has 0 rings (SSSR count). The van der Waals surface area contributed by atoms with Crippen LogP contribution in [0.1, 0.15) is 201 Å². The van der Waals surface area contributed by atoms with E-state index < -0.39 is 29.2 Å². The Labute approximate surface area is 333 Å². The number of aliphatic carboxylic acids is 1. The lowest BCUT2D eigenvalue weighted by Crippen LogP contribution is -2.60. The fraction of sp³-hybridized carbons (Fsp3) is 0.930. The van der Waals surface area contributed by atoms with Gasteiger partial charge in [-0.1, -0.05) is 168 Å². The van der Waals surface area contributed by atoms with Crippen LogP contribution in [-0.4, -0.2) is 98.1 Å². The molecule has 0 aromatic carbocycles. The van der Waals surface area contributed by atoms with E-state index in [0.717, 1.165) is 38.5 Å². The van der Waals surface area contributed by atoms with Gasteiger partial charge in [-0.25, -0.2) is 4.79 Å². The molecule has 0 amide bonds. The summed E-state index contributed by atoms with van der Waals surface area (Å²) in [6.45, 7) is 5.99. The first-order valence-corrected chi connectivity index (χ1v) is 21.2. The molecule has 2 atom stereocenters. The molecule has 0 aliphatic rings. The Morgan fingerprint density at radius 2 is 0.750 bits per heavy atom. The number of unbranched alkanes of at least 4 members (excludes halogenated alkanes) is 24. The van der Waals surface area contributed by atoms with Crippen molar-refractivity contribution in [1.82, 2.24) is 9.80 Å². The summed E-state index contributed by atoms with van der Waals surface area (Å²) in [7, 11) is 12.0. The quantitative estimate of drug-likeness (QED) is 0.0489. The molecule has 0 fully saturated rings. The van der Waals surface area contributed by atoms with Crippen LogP contribution in [0.2, 0.25) is 0 Å². The number of ketones is 2. The van der Waals surface area contributed by atoms with Gasteiger partial charge < -0.3 is 24.7 Å². The van der Waals surface area contributed by atoms with Gasteiger partial charge >= 0.3 is 5.97 Å². The molecule has 8 nitrogen and oxygen atoms in total. The molecule has 2 N–H and O–H groups in total. The number of hydrogen-bond acceptors (Lipinski definition) is 7. The van der Waals surface area contributed by atoms with Crippen LogP contribution >= 0.6 is 17.0 Å². The Balaban J connectivity index is -0.00000115. The number of carboxylic acid groups (broad SMARTS) is 1. The van der Waals surface area contributed by atoms with Gasteiger partial charge in [0.15, 0.2) is 17.7 Å². The van der Waals surface area contributed by atoms with E-state index in [-0.39, 0.29) is 36.4 Å². The van der Waals surface area contributed by atoms with E-state index in [9.17, 15) is 24.6 Å². The van der Waals surface area contributed by atoms with Crippen LogP contribution in [0.25, 0.3) is 0 Å². The maximum absolute atomic E-state index is 13.1. The zero-order valence-corrected chi connectivity index (χ0v) is 37.6. The second kappa shape index (κ2) is 42.9. The maximum Gasteiger partial charge on any atom is 0.347 e. The molecule has 0 radical (unpaired) electrons. The lowest BCUT2D eigenvalue weighted by Gasteiger charge is -2.31. The van der Waals surface area contributed by atoms with Crippen molar-refractivity contribution in [3.8, 4) is 0 Å². The van der Waals surface area contributed by atoms with Gasteiger partial charge in [-0.3, -0.25) is 9.59 Å². The van der Waals surface area contributed by atoms with Crippen LogP contribution in [0.3, 0.4) is 0 Å². The Kier molecular flexibility index (Phi) is 47.7. The molecule has 2 unspecified atom stereocenters. The third kappa shape index (κ3) is 37.4. The van der Waals surface area contributed by atoms with Gasteiger partial charge in [0.1, 0.15) is 0 Å². The highest BCUT2D eigenvalue weighted by Gasteiger charge is 2.55. The molecule has 0 bridgehead atoms. The standard InChI is InChI=1S/C37H70O6.2C3H9N.BrH/c1-4-7-9-11-13-15-17-19-21-23-25-27-29-31-33(38)35(40)37(36(41)42,43-6-3)34(39)32-30-28-26-24-22-20-18-16-14-12-10-8-5-2;2*1-4(2)3;/h35,40H,4-32H2,1-3H3,(H,41,42);2*1-3H3;1H. The van der Waals surface area contributed by atoms with Gasteiger partial charge in [0, 0.05) is 19.4 Å². The van der Waals surface area contributed by atoms with Gasteiger partial charge in [-0.2, -0.15) is 0 Å². The van der Waals surface area contributed by atoms with Crippen LogP contribution in [0.4, 0.5) is 0 Å². The largest absolute Gasteiger partial charge is 0.479 e. The highest BCUT2D eigenvalue weighted by atomic mass is 79.9. The number of ether oxygens (including phenoxy) is 1. The number of aliphatic hydroxyl groups is 1. The normalized spacial score (nSPS) is 12.6. The molecular formula is C43H89BrN2O6. The molecule has 0 aromatic rings. The first-order chi connectivity index (χ1) is 24.3. The summed E-state index contributed by atoms with van der Waals surface area (Å²) in [5.74, 6) is -2.88. The predicted molar refractivity (Wildman–Crippen MR) is 228 cm³/mol. The Bertz CT molecular complexity index is 771. The van der Waals surface area contributed by atoms with Crippen LogP contribution in [0.15, 0.2) is 0 Å². The van der Waals surface area contributed by atoms with Crippen molar-refractivity contribution in [3.05, 3.63) is 0 Å². The van der Waals surface area contributed by atoms with Crippen molar-refractivity contribution in [1.29, 1.82) is 0 Å². The van der Waals surface area contributed by atoms with Crippen molar-refractivity contribution in [3.63, 3.8) is 0 Å². The minimum atomic E-state index is -2.50. The van der Waals surface area contributed by atoms with E-state index in [2.05, 4.69) is 13.8 Å². The van der Waals surface area contributed by atoms with E-state index in [4.69, 9.17) is 4.74 Å². The summed E-state index contributed by atoms with van der Waals surface area (Å²) in [4.78, 5) is 42.2. The smallest absolute Gasteiger partial charge is 0.347 e. The van der Waals surface area contributed by atoms with E-state index in [1.54, 1.807) is 6.92 Å². The molecule has 0 aromatic heterocycles. The molecule has 9 heteroatoms. The van der Waals surface area contributed by atoms with Crippen molar-refractivity contribution >= 4 is 34.5 Å². The van der Waals surface area contributed by atoms with Gasteiger partial charge in [-0.15, -0.1) is 17.0 Å². The Hall–Kier alpha value is -0.870. The Morgan fingerprint density at radius 3 is 1.00 bits per heavy atom. The first-order valence-electron chi connectivity index (χ1n) is 21.2. The minimum Gasteiger partial charge on any atom is -0.479 e. The van der Waals surface area contributed by atoms with E-state index in [1.807, 2.05) is 52.1 Å². The van der Waals surface area contributed by atoms with E-state index >= 15 is 0 Å². The van der Waals surface area contributed by atoms with E-state index in [1.165, 1.54) is 116 Å². The molecule has 0 saturated heterocycles. The Morgan fingerprint density at radius 1 is 0.500 bits per heavy atom. The second-order valence-electron chi connectivity index (χ2n) is 15.4. The molecule has 0 heterocycles. The first kappa shape index (κ1) is 57.8. The van der Waals surface area contributed by atoms with Crippen molar-refractivity contribution < 1.29 is 29.3 Å². The minimum absolute atomic E-state index is 0. The van der Waals surface area contributed by atoms with Crippen molar-refractivity contribution in [2.24, 2.45) is 0 Å². The molecule has 0 aliphatic heterocycles. The number of rotatable bonds is 34. The lowest BCUT2D eigenvalue weighted by atomic mass is 9.84. The van der Waals surface area contributed by atoms with Crippen molar-refractivity contribution in [2.45, 2.75) is 212 Å². The zero-order chi connectivity index (χ0) is 39.2. The monoisotopic (exact) mass is 809 g/mol. The molecule has 0 saturated carbocycles. The summed E-state index contributed by atoms with van der Waals surface area (Å²) in [5, 5.41) is 20.8. The number of carbonyl (C=O) groups is 3. The summed E-state index contributed by atoms with van der Waals surface area (Å²) < 4.78 is 5.40. The highest BCUT2D eigenvalue weighted by molar-refractivity contribution is 8.93. The van der Waals surface area contributed by atoms with Crippen LogP contribution in [0.5, 0.6) is 0 Å². The van der Waals surface area contributed by atoms with Gasteiger partial charge in [0.05, 0.1) is 0 Å². The maximum atomic E-state index is 13.1. The average Bonchev–Trinajstić information content (AvgIpc) is 3.06. The third-order valence-corrected chi connectivity index (χ3v) is 8.83. The number of aliphatic hydroxyl groups excluding tert-OH is 1. The number of carbonyl (C=O) groups excluding carboxylic acids is 2. The second-order valence-corrected chi connectivity index (χ2v) is 15.4. The highest BCUT2D eigenvalue weighted by Crippen LogP contribution is 2.25. The van der Waals surface area contributed by atoms with Crippen molar-refractivity contribution in [2.75, 3.05) is 48.9 Å². The molecule has 0 aliphatic carbocycles. The van der Waals surface area contributed by atoms with Crippen LogP contribution in [0, 0.1) is 0 Å². The number of Topliss-reactive ketones (excluding diaryl/α,β-unsaturated/α-hetero) is 2. The topological polar surface area (TPSA) is 107 Å². The summed E-state index contributed by atoms with van der Waals surface area (Å²) in [6, 6.07) is 0. The molecule has 314 valence electrons. The van der Waals surface area contributed by atoms with Gasteiger partial charge in [0.25, 0.3) is 5.60 Å². The SMILES string of the molecule is Br.CCCCCCCCCCCCCCCC(=O)C(O)C(OCC)(C(=O)O)C(=O)CCCCCCCCCCCCCCC.CN(C)C.CN(C)C. The summed E-state index contributed by atoms with van der Waals surface area (Å²) in [6.07, 6.45) is 28.6. The molecular weight excluding hydrogens is 720 g/mol. The average molecular weight is 810 g/mol. The molecule has 52 heavy (non-hydrogen) atoms. The number of hydrogen-bond donors (Lipinski definition) is 2. The third-order valence-electron chi connectivity index (χ3n) is 8.83. The summed E-state index contributed by atoms with van der Waals surface area (Å²) in [5.41, 5.74) is -2.50.